The van der Waals surface area contributed by atoms with Gasteiger partial charge in [0.15, 0.2) is 0 Å². The number of hydrogen-bond acceptors (Lipinski definition) is 4. The molecule has 5 heteroatoms. The average molecular weight is 230 g/mol. The van der Waals surface area contributed by atoms with Crippen LogP contribution in [0.1, 0.15) is 27.7 Å². The van der Waals surface area contributed by atoms with Crippen LogP contribution < -0.4 is 10.6 Å². The first kappa shape index (κ1) is 14.9. The molecule has 0 heterocycles. The van der Waals surface area contributed by atoms with Crippen LogP contribution in [0.15, 0.2) is 0 Å². The first-order chi connectivity index (χ1) is 7.38. The quantitative estimate of drug-likeness (QED) is 0.644. The maximum absolute atomic E-state index is 11.4. The van der Waals surface area contributed by atoms with Gasteiger partial charge in [-0.15, -0.1) is 0 Å². The Hall–Kier alpha value is -1.10. The lowest BCUT2D eigenvalue weighted by Crippen LogP contribution is -2.49. The molecule has 0 aliphatic carbocycles. The van der Waals surface area contributed by atoms with Gasteiger partial charge >= 0.3 is 5.97 Å². The zero-order valence-electron chi connectivity index (χ0n) is 10.7. The van der Waals surface area contributed by atoms with Gasteiger partial charge in [0, 0.05) is 19.5 Å². The van der Waals surface area contributed by atoms with Crippen molar-refractivity contribution in [2.75, 3.05) is 13.7 Å². The minimum absolute atomic E-state index is 0.241. The summed E-state index contributed by atoms with van der Waals surface area (Å²) in [4.78, 5) is 22.3. The molecule has 2 atom stereocenters. The third-order valence-electron chi connectivity index (χ3n) is 2.51. The molecule has 0 fully saturated rings. The lowest BCUT2D eigenvalue weighted by atomic mass is 10.1. The van der Waals surface area contributed by atoms with Crippen molar-refractivity contribution in [2.45, 2.75) is 39.8 Å². The summed E-state index contributed by atoms with van der Waals surface area (Å²) >= 11 is 0. The van der Waals surface area contributed by atoms with Gasteiger partial charge in [0.05, 0.1) is 7.11 Å². The zero-order chi connectivity index (χ0) is 12.7. The molecule has 94 valence electrons. The summed E-state index contributed by atoms with van der Waals surface area (Å²) in [5, 5.41) is 5.74. The van der Waals surface area contributed by atoms with Gasteiger partial charge in [0.25, 0.3) is 0 Å². The van der Waals surface area contributed by atoms with E-state index in [9.17, 15) is 9.59 Å². The highest BCUT2D eigenvalue weighted by atomic mass is 16.5. The molecular weight excluding hydrogens is 208 g/mol. The minimum atomic E-state index is -0.622. The number of carbonyl (C=O) groups excluding carboxylic acids is 2. The number of ether oxygens (including phenoxy) is 1. The predicted octanol–water partition coefficient (Wildman–Crippen LogP) is 0.298. The van der Waals surface area contributed by atoms with E-state index in [1.165, 1.54) is 14.0 Å². The second-order valence-electron chi connectivity index (χ2n) is 4.22. The van der Waals surface area contributed by atoms with Gasteiger partial charge < -0.3 is 15.4 Å². The Balaban J connectivity index is 4.21. The third-order valence-corrected chi connectivity index (χ3v) is 2.51. The number of methoxy groups -OCH3 is 1. The van der Waals surface area contributed by atoms with Gasteiger partial charge in [0.2, 0.25) is 5.91 Å². The van der Waals surface area contributed by atoms with Crippen LogP contribution in [-0.4, -0.2) is 37.6 Å². The summed E-state index contributed by atoms with van der Waals surface area (Å²) in [5.41, 5.74) is 0. The smallest absolute Gasteiger partial charge is 0.329 e. The zero-order valence-corrected chi connectivity index (χ0v) is 10.7. The highest BCUT2D eigenvalue weighted by Crippen LogP contribution is 1.99. The van der Waals surface area contributed by atoms with Gasteiger partial charge in [-0.25, -0.2) is 4.79 Å². The molecule has 0 aromatic heterocycles. The molecule has 0 radical (unpaired) electrons. The Morgan fingerprint density at radius 2 is 1.81 bits per heavy atom. The molecule has 2 unspecified atom stereocenters. The Morgan fingerprint density at radius 1 is 1.25 bits per heavy atom. The molecule has 0 saturated carbocycles. The van der Waals surface area contributed by atoms with Crippen molar-refractivity contribution < 1.29 is 14.3 Å². The third kappa shape index (κ3) is 5.70. The van der Waals surface area contributed by atoms with Crippen LogP contribution in [0.5, 0.6) is 0 Å². The lowest BCUT2D eigenvalue weighted by Gasteiger charge is -2.21. The molecule has 0 spiro atoms. The molecule has 1 amide bonds. The average Bonchev–Trinajstić information content (AvgIpc) is 2.21. The predicted molar refractivity (Wildman–Crippen MR) is 61.9 cm³/mol. The van der Waals surface area contributed by atoms with Crippen LogP contribution in [0.2, 0.25) is 0 Å². The van der Waals surface area contributed by atoms with Crippen LogP contribution in [0, 0.1) is 5.92 Å². The number of carbonyl (C=O) groups is 2. The van der Waals surface area contributed by atoms with Crippen molar-refractivity contribution in [2.24, 2.45) is 5.92 Å². The number of rotatable bonds is 6. The van der Waals surface area contributed by atoms with Gasteiger partial charge in [-0.3, -0.25) is 4.79 Å². The summed E-state index contributed by atoms with van der Waals surface area (Å²) in [6.45, 7) is 7.96. The lowest BCUT2D eigenvalue weighted by molar-refractivity contribution is -0.144. The van der Waals surface area contributed by atoms with Crippen molar-refractivity contribution in [1.29, 1.82) is 0 Å². The van der Waals surface area contributed by atoms with Crippen molar-refractivity contribution in [3.8, 4) is 0 Å². The Morgan fingerprint density at radius 3 is 2.19 bits per heavy atom. The van der Waals surface area contributed by atoms with Crippen molar-refractivity contribution in [3.05, 3.63) is 0 Å². The summed E-state index contributed by atoms with van der Waals surface area (Å²) in [7, 11) is 1.31. The van der Waals surface area contributed by atoms with Crippen LogP contribution in [-0.2, 0) is 14.3 Å². The largest absolute Gasteiger partial charge is 0.467 e. The van der Waals surface area contributed by atoms with Gasteiger partial charge in [-0.1, -0.05) is 13.8 Å². The first-order valence-electron chi connectivity index (χ1n) is 5.46. The molecule has 0 aliphatic rings. The van der Waals surface area contributed by atoms with Crippen molar-refractivity contribution >= 4 is 11.9 Å². The van der Waals surface area contributed by atoms with Crippen LogP contribution >= 0.6 is 0 Å². The summed E-state index contributed by atoms with van der Waals surface area (Å²) < 4.78 is 4.61. The maximum atomic E-state index is 11.4. The SMILES string of the molecule is COC(=O)C(CNC(C)C(C)C)NC(C)=O. The highest BCUT2D eigenvalue weighted by molar-refractivity contribution is 5.83. The summed E-state index contributed by atoms with van der Waals surface area (Å²) in [5.74, 6) is -0.205. The van der Waals surface area contributed by atoms with Crippen molar-refractivity contribution in [1.82, 2.24) is 10.6 Å². The molecule has 0 bridgehead atoms. The van der Waals surface area contributed by atoms with E-state index in [1.807, 2.05) is 6.92 Å². The van der Waals surface area contributed by atoms with Crippen molar-refractivity contribution in [3.63, 3.8) is 0 Å². The van der Waals surface area contributed by atoms with Crippen LogP contribution in [0.3, 0.4) is 0 Å². The summed E-state index contributed by atoms with van der Waals surface area (Å²) in [6, 6.07) is -0.343. The van der Waals surface area contributed by atoms with E-state index in [-0.39, 0.29) is 11.9 Å². The molecule has 16 heavy (non-hydrogen) atoms. The Kier molecular flexibility index (Phi) is 6.72. The number of hydrogen-bond donors (Lipinski definition) is 2. The Labute approximate surface area is 96.9 Å². The van der Waals surface area contributed by atoms with Crippen LogP contribution in [0.25, 0.3) is 0 Å². The fourth-order valence-corrected chi connectivity index (χ4v) is 1.12. The fraction of sp³-hybridized carbons (Fsp3) is 0.818. The maximum Gasteiger partial charge on any atom is 0.329 e. The second-order valence-corrected chi connectivity index (χ2v) is 4.22. The number of amides is 1. The highest BCUT2D eigenvalue weighted by Gasteiger charge is 2.20. The number of esters is 1. The van der Waals surface area contributed by atoms with E-state index in [0.29, 0.717) is 12.5 Å². The minimum Gasteiger partial charge on any atom is -0.467 e. The topological polar surface area (TPSA) is 67.4 Å². The number of nitrogens with one attached hydrogen (secondary N) is 2. The summed E-state index contributed by atoms with van der Waals surface area (Å²) in [6.07, 6.45) is 0. The van der Waals surface area contributed by atoms with E-state index in [2.05, 4.69) is 29.2 Å². The van der Waals surface area contributed by atoms with Gasteiger partial charge in [-0.05, 0) is 12.8 Å². The van der Waals surface area contributed by atoms with E-state index >= 15 is 0 Å². The molecule has 2 N–H and O–H groups in total. The molecule has 0 saturated heterocycles. The van der Waals surface area contributed by atoms with E-state index in [0.717, 1.165) is 0 Å². The van der Waals surface area contributed by atoms with E-state index in [4.69, 9.17) is 0 Å². The Bertz CT molecular complexity index is 241. The van der Waals surface area contributed by atoms with Gasteiger partial charge in [-0.2, -0.15) is 0 Å². The van der Waals surface area contributed by atoms with E-state index < -0.39 is 12.0 Å². The molecule has 0 aliphatic heterocycles. The standard InChI is InChI=1S/C11H22N2O3/c1-7(2)8(3)12-6-10(11(15)16-5)13-9(4)14/h7-8,10,12H,6H2,1-5H3,(H,13,14). The van der Waals surface area contributed by atoms with Crippen LogP contribution in [0.4, 0.5) is 0 Å². The molecule has 5 nitrogen and oxygen atoms in total. The monoisotopic (exact) mass is 230 g/mol. The second kappa shape index (κ2) is 7.22. The molecular formula is C11H22N2O3. The molecule has 0 aromatic carbocycles. The first-order valence-corrected chi connectivity index (χ1v) is 5.46. The molecule has 0 rings (SSSR count). The van der Waals surface area contributed by atoms with Gasteiger partial charge in [0.1, 0.15) is 6.04 Å². The molecule has 0 aromatic rings. The van der Waals surface area contributed by atoms with E-state index in [1.54, 1.807) is 0 Å². The normalized spacial score (nSPS) is 14.4. The fourth-order valence-electron chi connectivity index (χ4n) is 1.12.